The second-order valence-corrected chi connectivity index (χ2v) is 3.23. The fourth-order valence-corrected chi connectivity index (χ4v) is 1.49. The molecule has 1 aliphatic heterocycles. The molecule has 1 atom stereocenters. The number of cyclic esters (lactones) is 1. The van der Waals surface area contributed by atoms with Crippen LogP contribution in [0.4, 0.5) is 4.79 Å². The molecule has 1 unspecified atom stereocenters. The molecule has 0 aromatic heterocycles. The summed E-state index contributed by atoms with van der Waals surface area (Å²) in [6, 6.07) is 4.78. The summed E-state index contributed by atoms with van der Waals surface area (Å²) in [4.78, 5) is 10.8. The molecule has 5 heteroatoms. The lowest BCUT2D eigenvalue weighted by Gasteiger charge is -2.09. The molecule has 1 fully saturated rings. The topological polar surface area (TPSA) is 67.8 Å². The standard InChI is InChI=1S/C10H11NO4/c1-14-9-3-2-6(4-8(9)12)7-5-15-10(13)11-7/h2-4,7,12H,5H2,1H3,(H,11,13). The Hall–Kier alpha value is -1.91. The molecule has 1 heterocycles. The van der Waals surface area contributed by atoms with Crippen LogP contribution in [0, 0.1) is 0 Å². The van der Waals surface area contributed by atoms with Crippen LogP contribution in [0.2, 0.25) is 0 Å². The van der Waals surface area contributed by atoms with Crippen molar-refractivity contribution in [2.75, 3.05) is 13.7 Å². The summed E-state index contributed by atoms with van der Waals surface area (Å²) in [7, 11) is 1.48. The van der Waals surface area contributed by atoms with Gasteiger partial charge in [0.05, 0.1) is 13.2 Å². The molecule has 0 saturated carbocycles. The van der Waals surface area contributed by atoms with E-state index < -0.39 is 6.09 Å². The second kappa shape index (κ2) is 3.68. The molecular formula is C10H11NO4. The Balaban J connectivity index is 2.22. The third kappa shape index (κ3) is 1.81. The highest BCUT2D eigenvalue weighted by molar-refractivity contribution is 5.70. The molecule has 1 aromatic carbocycles. The van der Waals surface area contributed by atoms with Crippen molar-refractivity contribution < 1.29 is 19.4 Å². The monoisotopic (exact) mass is 209 g/mol. The number of hydrogen-bond donors (Lipinski definition) is 2. The van der Waals surface area contributed by atoms with Gasteiger partial charge in [0.15, 0.2) is 11.5 Å². The SMILES string of the molecule is COc1ccc(C2COC(=O)N2)cc1O. The van der Waals surface area contributed by atoms with Crippen molar-refractivity contribution in [2.24, 2.45) is 0 Å². The normalized spacial score (nSPS) is 19.5. The van der Waals surface area contributed by atoms with Crippen molar-refractivity contribution in [1.29, 1.82) is 0 Å². The fraction of sp³-hybridized carbons (Fsp3) is 0.300. The summed E-state index contributed by atoms with van der Waals surface area (Å²) in [6.07, 6.45) is -0.435. The van der Waals surface area contributed by atoms with Crippen molar-refractivity contribution in [2.45, 2.75) is 6.04 Å². The molecule has 1 aliphatic rings. The van der Waals surface area contributed by atoms with Crippen molar-refractivity contribution >= 4 is 6.09 Å². The minimum atomic E-state index is -0.435. The first-order chi connectivity index (χ1) is 7.20. The number of phenols is 1. The summed E-state index contributed by atoms with van der Waals surface area (Å²) in [5.74, 6) is 0.458. The summed E-state index contributed by atoms with van der Waals surface area (Å²) >= 11 is 0. The van der Waals surface area contributed by atoms with Gasteiger partial charge in [0.1, 0.15) is 6.61 Å². The van der Waals surface area contributed by atoms with Crippen LogP contribution in [-0.4, -0.2) is 24.9 Å². The number of alkyl carbamates (subject to hydrolysis) is 1. The number of carbonyl (C=O) groups excluding carboxylic acids is 1. The quantitative estimate of drug-likeness (QED) is 0.767. The number of aromatic hydroxyl groups is 1. The first-order valence-corrected chi connectivity index (χ1v) is 4.51. The molecule has 0 aliphatic carbocycles. The predicted octanol–water partition coefficient (Wildman–Crippen LogP) is 1.18. The number of carbonyl (C=O) groups is 1. The van der Waals surface area contributed by atoms with E-state index in [9.17, 15) is 9.90 Å². The van der Waals surface area contributed by atoms with Gasteiger partial charge in [-0.3, -0.25) is 0 Å². The molecule has 1 amide bonds. The van der Waals surface area contributed by atoms with Crippen LogP contribution in [0.1, 0.15) is 11.6 Å². The van der Waals surface area contributed by atoms with E-state index in [1.165, 1.54) is 7.11 Å². The van der Waals surface area contributed by atoms with Gasteiger partial charge in [0.25, 0.3) is 0 Å². The predicted molar refractivity (Wildman–Crippen MR) is 51.9 cm³/mol. The van der Waals surface area contributed by atoms with Crippen molar-refractivity contribution in [3.8, 4) is 11.5 Å². The Bertz CT molecular complexity index is 391. The van der Waals surface area contributed by atoms with Gasteiger partial charge in [0.2, 0.25) is 0 Å². The van der Waals surface area contributed by atoms with E-state index in [2.05, 4.69) is 5.32 Å². The van der Waals surface area contributed by atoms with Gasteiger partial charge in [-0.05, 0) is 17.7 Å². The zero-order valence-corrected chi connectivity index (χ0v) is 8.19. The number of methoxy groups -OCH3 is 1. The molecule has 15 heavy (non-hydrogen) atoms. The first kappa shape index (κ1) is 9.64. The van der Waals surface area contributed by atoms with Crippen molar-refractivity contribution in [1.82, 2.24) is 5.32 Å². The molecule has 80 valence electrons. The number of benzene rings is 1. The minimum Gasteiger partial charge on any atom is -0.504 e. The van der Waals surface area contributed by atoms with E-state index in [-0.39, 0.29) is 18.4 Å². The van der Waals surface area contributed by atoms with Gasteiger partial charge in [-0.25, -0.2) is 4.79 Å². The molecule has 1 aromatic rings. The largest absolute Gasteiger partial charge is 0.504 e. The number of nitrogens with one attached hydrogen (secondary N) is 1. The Morgan fingerprint density at radius 3 is 2.93 bits per heavy atom. The maximum atomic E-state index is 10.8. The van der Waals surface area contributed by atoms with Crippen LogP contribution in [0.5, 0.6) is 11.5 Å². The zero-order valence-electron chi connectivity index (χ0n) is 8.19. The van der Waals surface area contributed by atoms with Crippen LogP contribution in [0.15, 0.2) is 18.2 Å². The molecule has 0 radical (unpaired) electrons. The Kier molecular flexibility index (Phi) is 2.37. The Morgan fingerprint density at radius 2 is 2.40 bits per heavy atom. The maximum Gasteiger partial charge on any atom is 0.407 e. The van der Waals surface area contributed by atoms with Crippen molar-refractivity contribution in [3.63, 3.8) is 0 Å². The molecule has 2 rings (SSSR count). The van der Waals surface area contributed by atoms with E-state index >= 15 is 0 Å². The van der Waals surface area contributed by atoms with Crippen LogP contribution < -0.4 is 10.1 Å². The van der Waals surface area contributed by atoms with Gasteiger partial charge in [-0.1, -0.05) is 6.07 Å². The Morgan fingerprint density at radius 1 is 1.60 bits per heavy atom. The van der Waals surface area contributed by atoms with Crippen LogP contribution in [-0.2, 0) is 4.74 Å². The average Bonchev–Trinajstić information content (AvgIpc) is 2.65. The second-order valence-electron chi connectivity index (χ2n) is 3.23. The van der Waals surface area contributed by atoms with Crippen molar-refractivity contribution in [3.05, 3.63) is 23.8 Å². The molecule has 2 N–H and O–H groups in total. The van der Waals surface area contributed by atoms with Gasteiger partial charge in [-0.2, -0.15) is 0 Å². The van der Waals surface area contributed by atoms with E-state index in [0.29, 0.717) is 5.75 Å². The van der Waals surface area contributed by atoms with Crippen LogP contribution in [0.3, 0.4) is 0 Å². The number of amides is 1. The highest BCUT2D eigenvalue weighted by atomic mass is 16.6. The summed E-state index contributed by atoms with van der Waals surface area (Å²) in [5.41, 5.74) is 0.791. The number of phenolic OH excluding ortho intramolecular Hbond substituents is 1. The average molecular weight is 209 g/mol. The Labute approximate surface area is 86.6 Å². The number of rotatable bonds is 2. The first-order valence-electron chi connectivity index (χ1n) is 4.51. The highest BCUT2D eigenvalue weighted by Crippen LogP contribution is 2.29. The fourth-order valence-electron chi connectivity index (χ4n) is 1.49. The van der Waals surface area contributed by atoms with Crippen LogP contribution in [0.25, 0.3) is 0 Å². The van der Waals surface area contributed by atoms with Gasteiger partial charge >= 0.3 is 6.09 Å². The zero-order chi connectivity index (χ0) is 10.8. The van der Waals surface area contributed by atoms with Gasteiger partial charge in [0, 0.05) is 0 Å². The lowest BCUT2D eigenvalue weighted by atomic mass is 10.1. The molecule has 1 saturated heterocycles. The van der Waals surface area contributed by atoms with E-state index in [4.69, 9.17) is 9.47 Å². The number of hydrogen-bond acceptors (Lipinski definition) is 4. The molecule has 0 bridgehead atoms. The molecule has 0 spiro atoms. The third-order valence-corrected chi connectivity index (χ3v) is 2.28. The minimum absolute atomic E-state index is 0.0520. The third-order valence-electron chi connectivity index (χ3n) is 2.28. The van der Waals surface area contributed by atoms with E-state index in [1.807, 2.05) is 0 Å². The van der Waals surface area contributed by atoms with Gasteiger partial charge in [-0.15, -0.1) is 0 Å². The summed E-state index contributed by atoms with van der Waals surface area (Å²) in [6.45, 7) is 0.282. The maximum absolute atomic E-state index is 10.8. The van der Waals surface area contributed by atoms with E-state index in [0.717, 1.165) is 5.56 Å². The van der Waals surface area contributed by atoms with Crippen LogP contribution >= 0.6 is 0 Å². The number of ether oxygens (including phenoxy) is 2. The molecular weight excluding hydrogens is 198 g/mol. The molecule has 5 nitrogen and oxygen atoms in total. The summed E-state index contributed by atoms with van der Waals surface area (Å²) < 4.78 is 9.67. The smallest absolute Gasteiger partial charge is 0.407 e. The van der Waals surface area contributed by atoms with E-state index in [1.54, 1.807) is 18.2 Å². The van der Waals surface area contributed by atoms with Gasteiger partial charge < -0.3 is 19.9 Å². The lowest BCUT2D eigenvalue weighted by molar-refractivity contribution is 0.177. The summed E-state index contributed by atoms with van der Waals surface area (Å²) in [5, 5.41) is 12.2. The highest BCUT2D eigenvalue weighted by Gasteiger charge is 2.24. The lowest BCUT2D eigenvalue weighted by Crippen LogP contribution is -2.18.